The molecule has 132 valence electrons. The third-order valence-electron chi connectivity index (χ3n) is 4.50. The number of nitrogens with zero attached hydrogens (tertiary/aromatic N) is 4. The van der Waals surface area contributed by atoms with E-state index in [1.54, 1.807) is 30.3 Å². The van der Waals surface area contributed by atoms with Crippen LogP contribution in [0.4, 0.5) is 5.69 Å². The van der Waals surface area contributed by atoms with Crippen molar-refractivity contribution in [2.75, 3.05) is 5.32 Å². The number of amides is 1. The summed E-state index contributed by atoms with van der Waals surface area (Å²) >= 11 is 0. The quantitative estimate of drug-likeness (QED) is 0.739. The minimum atomic E-state index is -1.22. The normalized spacial score (nSPS) is 14.8. The molecule has 3 aromatic rings. The molecule has 0 bridgehead atoms. The van der Waals surface area contributed by atoms with Gasteiger partial charge in [-0.1, -0.05) is 36.4 Å². The van der Waals surface area contributed by atoms with E-state index in [9.17, 15) is 9.90 Å². The van der Waals surface area contributed by atoms with Crippen LogP contribution in [0.25, 0.3) is 11.4 Å². The van der Waals surface area contributed by atoms with Crippen LogP contribution in [-0.4, -0.2) is 31.2 Å². The maximum atomic E-state index is 12.4. The predicted molar refractivity (Wildman–Crippen MR) is 96.3 cm³/mol. The number of aryl methyl sites for hydroxylation is 1. The van der Waals surface area contributed by atoms with Gasteiger partial charge in [0.05, 0.1) is 6.04 Å². The zero-order chi connectivity index (χ0) is 18.1. The number of tetrazole rings is 1. The number of aliphatic hydroxyl groups excluding tert-OH is 1. The van der Waals surface area contributed by atoms with Crippen LogP contribution >= 0.6 is 0 Å². The molecule has 1 saturated carbocycles. The Morgan fingerprint density at radius 2 is 2.00 bits per heavy atom. The summed E-state index contributed by atoms with van der Waals surface area (Å²) in [6, 6.07) is 14.8. The number of aliphatic hydroxyl groups is 1. The summed E-state index contributed by atoms with van der Waals surface area (Å²) in [5, 5.41) is 25.0. The van der Waals surface area contributed by atoms with Crippen molar-refractivity contribution in [1.82, 2.24) is 20.2 Å². The molecule has 1 aromatic heterocycles. The van der Waals surface area contributed by atoms with Gasteiger partial charge in [-0.3, -0.25) is 4.79 Å². The van der Waals surface area contributed by atoms with E-state index < -0.39 is 12.0 Å². The molecular weight excluding hydrogens is 330 g/mol. The van der Waals surface area contributed by atoms with E-state index in [4.69, 9.17) is 0 Å². The fourth-order valence-electron chi connectivity index (χ4n) is 2.87. The van der Waals surface area contributed by atoms with Gasteiger partial charge in [-0.25, -0.2) is 4.68 Å². The maximum Gasteiger partial charge on any atom is 0.257 e. The minimum Gasteiger partial charge on any atom is -0.378 e. The molecule has 0 spiro atoms. The molecule has 2 N–H and O–H groups in total. The SMILES string of the molecule is Cc1ccc(NC(=O)[C@H](O)c2ccccc2)cc1-c1nnnn1C1CC1. The van der Waals surface area contributed by atoms with E-state index in [-0.39, 0.29) is 0 Å². The molecular formula is C19H19N5O2. The van der Waals surface area contributed by atoms with Crippen LogP contribution in [0.2, 0.25) is 0 Å². The molecule has 1 atom stereocenters. The summed E-state index contributed by atoms with van der Waals surface area (Å²) in [5.74, 6) is 0.220. The van der Waals surface area contributed by atoms with Crippen LogP contribution in [0.15, 0.2) is 48.5 Å². The van der Waals surface area contributed by atoms with Gasteiger partial charge < -0.3 is 10.4 Å². The Morgan fingerprint density at radius 3 is 2.73 bits per heavy atom. The van der Waals surface area contributed by atoms with Crippen molar-refractivity contribution in [2.45, 2.75) is 31.9 Å². The van der Waals surface area contributed by atoms with Gasteiger partial charge in [0.2, 0.25) is 0 Å². The van der Waals surface area contributed by atoms with Gasteiger partial charge in [-0.15, -0.1) is 5.10 Å². The Hall–Kier alpha value is -3.06. The summed E-state index contributed by atoms with van der Waals surface area (Å²) in [4.78, 5) is 12.4. The fraction of sp³-hybridized carbons (Fsp3) is 0.263. The van der Waals surface area contributed by atoms with E-state index in [2.05, 4.69) is 20.8 Å². The zero-order valence-corrected chi connectivity index (χ0v) is 14.3. The first-order valence-corrected chi connectivity index (χ1v) is 8.56. The van der Waals surface area contributed by atoms with Crippen molar-refractivity contribution in [1.29, 1.82) is 0 Å². The summed E-state index contributed by atoms with van der Waals surface area (Å²) in [5.41, 5.74) is 3.03. The lowest BCUT2D eigenvalue weighted by Crippen LogP contribution is -2.20. The lowest BCUT2D eigenvalue weighted by Gasteiger charge is -2.13. The number of rotatable bonds is 5. The Kier molecular flexibility index (Phi) is 4.22. The molecule has 1 fully saturated rings. The summed E-state index contributed by atoms with van der Waals surface area (Å²) < 4.78 is 1.84. The molecule has 1 amide bonds. The highest BCUT2D eigenvalue weighted by Crippen LogP contribution is 2.37. The fourth-order valence-corrected chi connectivity index (χ4v) is 2.87. The topological polar surface area (TPSA) is 92.9 Å². The lowest BCUT2D eigenvalue weighted by atomic mass is 10.1. The van der Waals surface area contributed by atoms with Gasteiger partial charge in [0, 0.05) is 11.3 Å². The van der Waals surface area contributed by atoms with Crippen molar-refractivity contribution in [3.63, 3.8) is 0 Å². The average Bonchev–Trinajstić information content (AvgIpc) is 3.40. The Balaban J connectivity index is 1.58. The van der Waals surface area contributed by atoms with E-state index in [1.807, 2.05) is 29.8 Å². The smallest absolute Gasteiger partial charge is 0.257 e. The maximum absolute atomic E-state index is 12.4. The van der Waals surface area contributed by atoms with Crippen molar-refractivity contribution < 1.29 is 9.90 Å². The molecule has 1 heterocycles. The van der Waals surface area contributed by atoms with Gasteiger partial charge in [0.25, 0.3) is 5.91 Å². The molecule has 0 aliphatic heterocycles. The number of hydrogen-bond donors (Lipinski definition) is 2. The zero-order valence-electron chi connectivity index (χ0n) is 14.3. The second-order valence-corrected chi connectivity index (χ2v) is 6.51. The predicted octanol–water partition coefficient (Wildman–Crippen LogP) is 2.66. The van der Waals surface area contributed by atoms with Crippen molar-refractivity contribution in [2.24, 2.45) is 0 Å². The molecule has 26 heavy (non-hydrogen) atoms. The van der Waals surface area contributed by atoms with E-state index in [1.165, 1.54) is 0 Å². The molecule has 0 saturated heterocycles. The first-order valence-electron chi connectivity index (χ1n) is 8.56. The standard InChI is InChI=1S/C19H19N5O2/c1-12-7-8-14(20-19(26)17(25)13-5-3-2-4-6-13)11-16(12)18-21-22-23-24(18)15-9-10-15/h2-8,11,15,17,25H,9-10H2,1H3,(H,20,26)/t17-/m1/s1. The molecule has 4 rings (SSSR count). The van der Waals surface area contributed by atoms with Crippen molar-refractivity contribution >= 4 is 11.6 Å². The Morgan fingerprint density at radius 1 is 1.23 bits per heavy atom. The van der Waals surface area contributed by atoms with Crippen LogP contribution in [0.3, 0.4) is 0 Å². The highest BCUT2D eigenvalue weighted by Gasteiger charge is 2.28. The number of hydrogen-bond acceptors (Lipinski definition) is 5. The summed E-state index contributed by atoms with van der Waals surface area (Å²) in [6.07, 6.45) is 0.936. The van der Waals surface area contributed by atoms with Crippen molar-refractivity contribution in [3.05, 3.63) is 59.7 Å². The second-order valence-electron chi connectivity index (χ2n) is 6.51. The number of aromatic nitrogens is 4. The molecule has 1 aliphatic carbocycles. The number of carbonyl (C=O) groups excluding carboxylic acids is 1. The molecule has 0 radical (unpaired) electrons. The van der Waals surface area contributed by atoms with Gasteiger partial charge >= 0.3 is 0 Å². The first-order chi connectivity index (χ1) is 12.6. The van der Waals surface area contributed by atoms with E-state index >= 15 is 0 Å². The summed E-state index contributed by atoms with van der Waals surface area (Å²) in [6.45, 7) is 1.98. The molecule has 2 aromatic carbocycles. The van der Waals surface area contributed by atoms with Crippen LogP contribution in [0.5, 0.6) is 0 Å². The van der Waals surface area contributed by atoms with Crippen LogP contribution in [-0.2, 0) is 4.79 Å². The number of nitrogens with one attached hydrogen (secondary N) is 1. The lowest BCUT2D eigenvalue weighted by molar-refractivity contribution is -0.124. The Bertz CT molecular complexity index is 934. The highest BCUT2D eigenvalue weighted by molar-refractivity contribution is 5.95. The highest BCUT2D eigenvalue weighted by atomic mass is 16.3. The van der Waals surface area contributed by atoms with Gasteiger partial charge in [0.1, 0.15) is 0 Å². The number of anilines is 1. The van der Waals surface area contributed by atoms with Crippen LogP contribution in [0.1, 0.15) is 36.1 Å². The second kappa shape index (κ2) is 6.68. The van der Waals surface area contributed by atoms with Gasteiger partial charge in [-0.05, 0) is 53.5 Å². The third kappa shape index (κ3) is 3.21. The molecule has 1 aliphatic rings. The molecule has 7 heteroatoms. The summed E-state index contributed by atoms with van der Waals surface area (Å²) in [7, 11) is 0. The first kappa shape index (κ1) is 16.4. The number of benzene rings is 2. The monoisotopic (exact) mass is 349 g/mol. The van der Waals surface area contributed by atoms with E-state index in [0.717, 1.165) is 24.0 Å². The Labute approximate surface area is 150 Å². The largest absolute Gasteiger partial charge is 0.378 e. The van der Waals surface area contributed by atoms with Crippen molar-refractivity contribution in [3.8, 4) is 11.4 Å². The minimum absolute atomic E-state index is 0.359. The third-order valence-corrected chi connectivity index (χ3v) is 4.50. The van der Waals surface area contributed by atoms with Crippen LogP contribution < -0.4 is 5.32 Å². The molecule has 0 unspecified atom stereocenters. The van der Waals surface area contributed by atoms with Gasteiger partial charge in [0.15, 0.2) is 11.9 Å². The van der Waals surface area contributed by atoms with Crippen LogP contribution in [0, 0.1) is 6.92 Å². The number of carbonyl (C=O) groups is 1. The van der Waals surface area contributed by atoms with Gasteiger partial charge in [-0.2, -0.15) is 0 Å². The van der Waals surface area contributed by atoms with E-state index in [0.29, 0.717) is 23.1 Å². The average molecular weight is 349 g/mol. The molecule has 7 nitrogen and oxygen atoms in total.